The SMILES string of the molecule is CCCCCCCCC=CCCCCCCCCPN(C(=O)CCCCCCCCCCCCCCC)[C@@H](CO)C(=O)O. The van der Waals surface area contributed by atoms with Gasteiger partial charge in [0, 0.05) is 6.42 Å². The van der Waals surface area contributed by atoms with Crippen LogP contribution in [0.3, 0.4) is 0 Å². The monoisotopic (exact) mass is 626 g/mol. The van der Waals surface area contributed by atoms with Gasteiger partial charge in [-0.25, -0.2) is 4.79 Å². The molecule has 0 rings (SSSR count). The molecule has 0 aromatic heterocycles. The van der Waals surface area contributed by atoms with E-state index in [0.717, 1.165) is 38.3 Å². The van der Waals surface area contributed by atoms with Crippen molar-refractivity contribution in [3.63, 3.8) is 0 Å². The minimum Gasteiger partial charge on any atom is -0.480 e. The van der Waals surface area contributed by atoms with Crippen LogP contribution in [-0.2, 0) is 9.59 Å². The highest BCUT2D eigenvalue weighted by Gasteiger charge is 2.28. The molecule has 5 nitrogen and oxygen atoms in total. The maximum Gasteiger partial charge on any atom is 0.329 e. The Bertz CT molecular complexity index is 642. The number of aliphatic hydroxyl groups is 1. The summed E-state index contributed by atoms with van der Waals surface area (Å²) < 4.78 is 1.46. The Labute approximate surface area is 269 Å². The number of aliphatic carboxylic acids is 1. The third-order valence-electron chi connectivity index (χ3n) is 8.50. The van der Waals surface area contributed by atoms with Gasteiger partial charge in [0.2, 0.25) is 5.91 Å². The van der Waals surface area contributed by atoms with E-state index in [1.165, 1.54) is 146 Å². The minimum absolute atomic E-state index is 0.104. The lowest BCUT2D eigenvalue weighted by Crippen LogP contribution is -2.42. The van der Waals surface area contributed by atoms with Crippen molar-refractivity contribution in [3.8, 4) is 0 Å². The van der Waals surface area contributed by atoms with E-state index < -0.39 is 18.6 Å². The molecule has 0 radical (unpaired) electrons. The number of allylic oxidation sites excluding steroid dienone is 2. The summed E-state index contributed by atoms with van der Waals surface area (Å²) >= 11 is 0. The lowest BCUT2D eigenvalue weighted by Gasteiger charge is -2.27. The normalized spacial score (nSPS) is 12.5. The topological polar surface area (TPSA) is 77.8 Å². The molecule has 0 fully saturated rings. The summed E-state index contributed by atoms with van der Waals surface area (Å²) in [6.45, 7) is 4.01. The van der Waals surface area contributed by atoms with Gasteiger partial charge in [0.15, 0.2) is 6.04 Å². The van der Waals surface area contributed by atoms with Crippen molar-refractivity contribution in [3.05, 3.63) is 12.2 Å². The first-order chi connectivity index (χ1) is 21.1. The van der Waals surface area contributed by atoms with Gasteiger partial charge in [-0.15, -0.1) is 0 Å². The largest absolute Gasteiger partial charge is 0.480 e. The zero-order valence-electron chi connectivity index (χ0n) is 28.6. The molecule has 0 bridgehead atoms. The Morgan fingerprint density at radius 3 is 1.35 bits per heavy atom. The van der Waals surface area contributed by atoms with E-state index in [0.29, 0.717) is 6.42 Å². The second kappa shape index (κ2) is 34.0. The predicted octanol–water partition coefficient (Wildman–Crippen LogP) is 11.4. The highest BCUT2D eigenvalue weighted by Crippen LogP contribution is 2.26. The molecule has 1 amide bonds. The number of carbonyl (C=O) groups excluding carboxylic acids is 1. The van der Waals surface area contributed by atoms with E-state index in [2.05, 4.69) is 26.0 Å². The van der Waals surface area contributed by atoms with Gasteiger partial charge in [0.05, 0.1) is 6.61 Å². The Morgan fingerprint density at radius 2 is 0.953 bits per heavy atom. The van der Waals surface area contributed by atoms with Gasteiger partial charge >= 0.3 is 5.97 Å². The summed E-state index contributed by atoms with van der Waals surface area (Å²) in [5, 5.41) is 19.2. The van der Waals surface area contributed by atoms with Crippen LogP contribution in [0.15, 0.2) is 12.2 Å². The minimum atomic E-state index is -1.11. The summed E-state index contributed by atoms with van der Waals surface area (Å²) in [4.78, 5) is 24.6. The molecule has 2 atom stereocenters. The first-order valence-electron chi connectivity index (χ1n) is 18.6. The molecule has 43 heavy (non-hydrogen) atoms. The van der Waals surface area contributed by atoms with E-state index in [1.54, 1.807) is 0 Å². The Kier molecular flexibility index (Phi) is 33.2. The number of hydrogen-bond donors (Lipinski definition) is 2. The van der Waals surface area contributed by atoms with Crippen LogP contribution in [0.2, 0.25) is 0 Å². The van der Waals surface area contributed by atoms with Crippen LogP contribution < -0.4 is 0 Å². The van der Waals surface area contributed by atoms with E-state index in [4.69, 9.17) is 0 Å². The molecule has 254 valence electrons. The van der Waals surface area contributed by atoms with E-state index in [1.807, 2.05) is 0 Å². The highest BCUT2D eigenvalue weighted by atomic mass is 31.1. The number of hydrogen-bond acceptors (Lipinski definition) is 3. The van der Waals surface area contributed by atoms with Crippen molar-refractivity contribution >= 4 is 20.6 Å². The number of carboxylic acids is 1. The van der Waals surface area contributed by atoms with E-state index >= 15 is 0 Å². The molecule has 0 saturated carbocycles. The lowest BCUT2D eigenvalue weighted by atomic mass is 10.0. The number of carboxylic acid groups (broad SMARTS) is 1. The molecule has 2 N–H and O–H groups in total. The van der Waals surface area contributed by atoms with Gasteiger partial charge in [-0.1, -0.05) is 161 Å². The summed E-state index contributed by atoms with van der Waals surface area (Å²) in [5.41, 5.74) is 0. The summed E-state index contributed by atoms with van der Waals surface area (Å²) in [6.07, 6.45) is 39.9. The highest BCUT2D eigenvalue weighted by molar-refractivity contribution is 7.36. The summed E-state index contributed by atoms with van der Waals surface area (Å²) in [5.74, 6) is -1.21. The number of rotatable bonds is 34. The molecule has 6 heteroatoms. The fourth-order valence-corrected chi connectivity index (χ4v) is 6.98. The third-order valence-corrected chi connectivity index (χ3v) is 9.98. The number of nitrogens with zero attached hydrogens (tertiary/aromatic N) is 1. The maximum absolute atomic E-state index is 12.9. The second-order valence-electron chi connectivity index (χ2n) is 12.6. The number of aliphatic hydroxyl groups excluding tert-OH is 1. The van der Waals surface area contributed by atoms with Crippen molar-refractivity contribution in [2.24, 2.45) is 0 Å². The molecule has 0 spiro atoms. The molecule has 0 heterocycles. The summed E-state index contributed by atoms with van der Waals surface area (Å²) in [7, 11) is 0.140. The van der Waals surface area contributed by atoms with E-state index in [9.17, 15) is 19.8 Å². The molecule has 0 aliphatic carbocycles. The Morgan fingerprint density at radius 1 is 0.581 bits per heavy atom. The van der Waals surface area contributed by atoms with Crippen LogP contribution in [0.4, 0.5) is 0 Å². The average molecular weight is 626 g/mol. The fraction of sp³-hybridized carbons (Fsp3) is 0.892. The number of amides is 1. The van der Waals surface area contributed by atoms with Crippen LogP contribution in [0.25, 0.3) is 0 Å². The van der Waals surface area contributed by atoms with Gasteiger partial charge in [-0.3, -0.25) is 4.79 Å². The molecule has 0 aliphatic heterocycles. The van der Waals surface area contributed by atoms with Gasteiger partial charge in [-0.05, 0) is 53.4 Å². The zero-order chi connectivity index (χ0) is 31.6. The summed E-state index contributed by atoms with van der Waals surface area (Å²) in [6, 6.07) is -1.11. The molecule has 0 aliphatic rings. The average Bonchev–Trinajstić information content (AvgIpc) is 3.00. The predicted molar refractivity (Wildman–Crippen MR) is 188 cm³/mol. The van der Waals surface area contributed by atoms with Crippen LogP contribution in [0.5, 0.6) is 0 Å². The van der Waals surface area contributed by atoms with Crippen LogP contribution >= 0.6 is 8.73 Å². The van der Waals surface area contributed by atoms with Crippen molar-refractivity contribution < 1.29 is 19.8 Å². The van der Waals surface area contributed by atoms with Crippen molar-refractivity contribution in [1.82, 2.24) is 4.67 Å². The maximum atomic E-state index is 12.9. The Hall–Kier alpha value is -0.930. The zero-order valence-corrected chi connectivity index (χ0v) is 29.6. The van der Waals surface area contributed by atoms with Gasteiger partial charge in [-0.2, -0.15) is 0 Å². The quantitative estimate of drug-likeness (QED) is 0.0424. The van der Waals surface area contributed by atoms with Crippen molar-refractivity contribution in [1.29, 1.82) is 0 Å². The van der Waals surface area contributed by atoms with Gasteiger partial charge in [0.25, 0.3) is 0 Å². The standard InChI is InChI=1S/C37H72NO4P/c1-3-5-7-9-11-13-15-17-18-19-21-23-25-27-29-31-33-43-38(35(34-39)37(41)42)36(40)32-30-28-26-24-22-20-16-14-12-10-8-6-4-2/h17-18,35,39,43H,3-16,19-34H2,1-2H3,(H,41,42)/t35-/m0/s1. The molecular formula is C37H72NO4P. The van der Waals surface area contributed by atoms with Crippen molar-refractivity contribution in [2.75, 3.05) is 12.8 Å². The number of carbonyl (C=O) groups is 2. The molecule has 0 aromatic rings. The van der Waals surface area contributed by atoms with Crippen LogP contribution in [0.1, 0.15) is 194 Å². The molecule has 0 aromatic carbocycles. The Balaban J connectivity index is 3.91. The fourth-order valence-electron chi connectivity index (χ4n) is 5.63. The molecule has 0 saturated heterocycles. The van der Waals surface area contributed by atoms with Crippen LogP contribution in [-0.4, -0.2) is 45.6 Å². The van der Waals surface area contributed by atoms with Gasteiger partial charge in [0.1, 0.15) is 0 Å². The number of unbranched alkanes of at least 4 members (excludes halogenated alkanes) is 24. The first-order valence-corrected chi connectivity index (χ1v) is 19.8. The van der Waals surface area contributed by atoms with Crippen LogP contribution in [0, 0.1) is 0 Å². The smallest absolute Gasteiger partial charge is 0.329 e. The molecule has 1 unspecified atom stereocenters. The van der Waals surface area contributed by atoms with Gasteiger partial charge < -0.3 is 14.9 Å². The third kappa shape index (κ3) is 28.3. The second-order valence-corrected chi connectivity index (χ2v) is 13.9. The van der Waals surface area contributed by atoms with E-state index in [-0.39, 0.29) is 14.6 Å². The first kappa shape index (κ1) is 42.1. The lowest BCUT2D eigenvalue weighted by molar-refractivity contribution is -0.147. The van der Waals surface area contributed by atoms with Crippen molar-refractivity contribution in [2.45, 2.75) is 200 Å². The molecular weight excluding hydrogens is 553 g/mol.